The third-order valence-electron chi connectivity index (χ3n) is 3.15. The van der Waals surface area contributed by atoms with E-state index in [2.05, 4.69) is 16.9 Å². The van der Waals surface area contributed by atoms with Gasteiger partial charge in [0.2, 0.25) is 0 Å². The maximum absolute atomic E-state index is 5.81. The summed E-state index contributed by atoms with van der Waals surface area (Å²) in [4.78, 5) is 7.41. The monoisotopic (exact) mass is 304 g/mol. The van der Waals surface area contributed by atoms with Gasteiger partial charge in [-0.2, -0.15) is 0 Å². The minimum absolute atomic E-state index is 0.516. The van der Waals surface area contributed by atoms with Crippen LogP contribution in [0.4, 0.5) is 0 Å². The van der Waals surface area contributed by atoms with E-state index in [0.29, 0.717) is 17.9 Å². The molecule has 0 saturated carbocycles. The van der Waals surface area contributed by atoms with Crippen LogP contribution in [0.3, 0.4) is 0 Å². The van der Waals surface area contributed by atoms with Crippen molar-refractivity contribution >= 4 is 12.2 Å². The number of hydrogen-bond acceptors (Lipinski definition) is 4. The summed E-state index contributed by atoms with van der Waals surface area (Å²) in [7, 11) is 1.66. The van der Waals surface area contributed by atoms with Crippen LogP contribution in [-0.2, 0) is 11.2 Å². The molecule has 2 aromatic rings. The number of aromatic amines is 1. The minimum atomic E-state index is 0.516. The first-order chi connectivity index (χ1) is 10.3. The van der Waals surface area contributed by atoms with E-state index in [4.69, 9.17) is 21.7 Å². The van der Waals surface area contributed by atoms with Crippen molar-refractivity contribution in [1.29, 1.82) is 0 Å². The molecule has 0 amide bonds. The van der Waals surface area contributed by atoms with Gasteiger partial charge in [0, 0.05) is 18.2 Å². The largest absolute Gasteiger partial charge is 0.490 e. The second-order valence-electron chi connectivity index (χ2n) is 4.65. The van der Waals surface area contributed by atoms with Crippen LogP contribution < -0.4 is 4.74 Å². The SMILES string of the molecule is CCCc1c(-c2ccccc2OCCOC)[nH]cnc1=S. The molecule has 0 aliphatic carbocycles. The Hall–Kier alpha value is -1.72. The highest BCUT2D eigenvalue weighted by Gasteiger charge is 2.12. The Balaban J connectivity index is 2.42. The van der Waals surface area contributed by atoms with Crippen LogP contribution >= 0.6 is 12.2 Å². The molecule has 0 saturated heterocycles. The second kappa shape index (κ2) is 7.90. The van der Waals surface area contributed by atoms with Crippen LogP contribution in [0.2, 0.25) is 0 Å². The lowest BCUT2D eigenvalue weighted by Crippen LogP contribution is -2.06. The first-order valence-corrected chi connectivity index (χ1v) is 7.46. The Morgan fingerprint density at radius 1 is 1.24 bits per heavy atom. The topological polar surface area (TPSA) is 47.1 Å². The van der Waals surface area contributed by atoms with Crippen molar-refractivity contribution in [3.8, 4) is 17.0 Å². The van der Waals surface area contributed by atoms with Gasteiger partial charge in [0.25, 0.3) is 0 Å². The van der Waals surface area contributed by atoms with Crippen LogP contribution in [0, 0.1) is 4.64 Å². The Morgan fingerprint density at radius 2 is 2.05 bits per heavy atom. The molecule has 1 aromatic carbocycles. The van der Waals surface area contributed by atoms with Crippen LogP contribution in [0.1, 0.15) is 18.9 Å². The molecule has 5 heteroatoms. The standard InChI is InChI=1S/C16H20N2O2S/c1-3-6-13-15(17-11-18-16(13)21)12-7-4-5-8-14(12)20-10-9-19-2/h4-5,7-8,11H,3,6,9-10H2,1-2H3,(H,17,18,21). The van der Waals surface area contributed by atoms with Gasteiger partial charge in [-0.1, -0.05) is 37.7 Å². The highest BCUT2D eigenvalue weighted by atomic mass is 32.1. The summed E-state index contributed by atoms with van der Waals surface area (Å²) in [6.07, 6.45) is 3.55. The van der Waals surface area contributed by atoms with E-state index in [1.807, 2.05) is 24.3 Å². The summed E-state index contributed by atoms with van der Waals surface area (Å²) in [5.74, 6) is 0.823. The van der Waals surface area contributed by atoms with E-state index in [9.17, 15) is 0 Å². The maximum Gasteiger partial charge on any atom is 0.133 e. The van der Waals surface area contributed by atoms with Gasteiger partial charge < -0.3 is 14.5 Å². The van der Waals surface area contributed by atoms with Crippen LogP contribution in [0.5, 0.6) is 5.75 Å². The third kappa shape index (κ3) is 3.89. The van der Waals surface area contributed by atoms with E-state index < -0.39 is 0 Å². The number of methoxy groups -OCH3 is 1. The smallest absolute Gasteiger partial charge is 0.133 e. The molecule has 21 heavy (non-hydrogen) atoms. The third-order valence-corrected chi connectivity index (χ3v) is 3.50. The number of benzene rings is 1. The quantitative estimate of drug-likeness (QED) is 0.624. The number of aromatic nitrogens is 2. The highest BCUT2D eigenvalue weighted by Crippen LogP contribution is 2.31. The van der Waals surface area contributed by atoms with E-state index >= 15 is 0 Å². The number of nitrogens with zero attached hydrogens (tertiary/aromatic N) is 1. The summed E-state index contributed by atoms with van der Waals surface area (Å²) in [6.45, 7) is 3.21. The molecule has 1 N–H and O–H groups in total. The number of ether oxygens (including phenoxy) is 2. The van der Waals surface area contributed by atoms with Crippen molar-refractivity contribution in [2.45, 2.75) is 19.8 Å². The van der Waals surface area contributed by atoms with Crippen molar-refractivity contribution in [3.63, 3.8) is 0 Å². The molecule has 4 nitrogen and oxygen atoms in total. The van der Waals surface area contributed by atoms with Crippen molar-refractivity contribution < 1.29 is 9.47 Å². The van der Waals surface area contributed by atoms with Gasteiger partial charge in [-0.25, -0.2) is 4.98 Å². The fourth-order valence-electron chi connectivity index (χ4n) is 2.18. The Morgan fingerprint density at radius 3 is 2.81 bits per heavy atom. The van der Waals surface area contributed by atoms with E-state index in [1.54, 1.807) is 13.4 Å². The van der Waals surface area contributed by atoms with Crippen LogP contribution in [0.25, 0.3) is 11.3 Å². The second-order valence-corrected chi connectivity index (χ2v) is 5.04. The van der Waals surface area contributed by atoms with Crippen molar-refractivity contribution in [1.82, 2.24) is 9.97 Å². The van der Waals surface area contributed by atoms with Gasteiger partial charge in [-0.05, 0) is 18.6 Å². The van der Waals surface area contributed by atoms with Crippen LogP contribution in [-0.4, -0.2) is 30.3 Å². The molecule has 1 aromatic heterocycles. The van der Waals surface area contributed by atoms with Gasteiger partial charge in [-0.15, -0.1) is 0 Å². The summed E-state index contributed by atoms with van der Waals surface area (Å²) in [5, 5.41) is 0. The molecular formula is C16H20N2O2S. The first kappa shape index (κ1) is 15.7. The molecule has 2 rings (SSSR count). The van der Waals surface area contributed by atoms with Crippen molar-refractivity contribution in [3.05, 3.63) is 40.8 Å². The molecule has 0 atom stereocenters. The van der Waals surface area contributed by atoms with Gasteiger partial charge >= 0.3 is 0 Å². The number of hydrogen-bond donors (Lipinski definition) is 1. The molecule has 0 spiro atoms. The van der Waals surface area contributed by atoms with Crippen LogP contribution in [0.15, 0.2) is 30.6 Å². The summed E-state index contributed by atoms with van der Waals surface area (Å²) in [6, 6.07) is 7.94. The van der Waals surface area contributed by atoms with E-state index in [0.717, 1.165) is 35.4 Å². The molecule has 0 unspecified atom stereocenters. The zero-order valence-corrected chi connectivity index (χ0v) is 13.2. The Labute approximate surface area is 130 Å². The van der Waals surface area contributed by atoms with E-state index in [-0.39, 0.29) is 0 Å². The lowest BCUT2D eigenvalue weighted by atomic mass is 10.0. The normalized spacial score (nSPS) is 10.6. The Bertz CT molecular complexity index is 640. The number of para-hydroxylation sites is 1. The predicted octanol–water partition coefficient (Wildman–Crippen LogP) is 3.78. The zero-order chi connectivity index (χ0) is 15.1. The molecule has 0 aliphatic heterocycles. The predicted molar refractivity (Wildman–Crippen MR) is 86.2 cm³/mol. The molecule has 112 valence electrons. The fourth-order valence-corrected chi connectivity index (χ4v) is 2.44. The number of nitrogens with one attached hydrogen (secondary N) is 1. The molecule has 0 aliphatic rings. The number of rotatable bonds is 7. The fraction of sp³-hybridized carbons (Fsp3) is 0.375. The van der Waals surface area contributed by atoms with Crippen molar-refractivity contribution in [2.75, 3.05) is 20.3 Å². The zero-order valence-electron chi connectivity index (χ0n) is 12.4. The molecule has 0 fully saturated rings. The Kier molecular flexibility index (Phi) is 5.90. The van der Waals surface area contributed by atoms with Gasteiger partial charge in [0.15, 0.2) is 0 Å². The van der Waals surface area contributed by atoms with Gasteiger partial charge in [0.05, 0.1) is 18.6 Å². The van der Waals surface area contributed by atoms with Crippen molar-refractivity contribution in [2.24, 2.45) is 0 Å². The lowest BCUT2D eigenvalue weighted by molar-refractivity contribution is 0.146. The molecule has 1 heterocycles. The molecule has 0 radical (unpaired) electrons. The van der Waals surface area contributed by atoms with E-state index in [1.165, 1.54) is 0 Å². The molecule has 0 bridgehead atoms. The summed E-state index contributed by atoms with van der Waals surface area (Å²) in [5.41, 5.74) is 3.06. The van der Waals surface area contributed by atoms with Gasteiger partial charge in [0.1, 0.15) is 17.0 Å². The average Bonchev–Trinajstić information content (AvgIpc) is 2.50. The number of H-pyrrole nitrogens is 1. The lowest BCUT2D eigenvalue weighted by Gasteiger charge is -2.14. The average molecular weight is 304 g/mol. The molecular weight excluding hydrogens is 284 g/mol. The van der Waals surface area contributed by atoms with Gasteiger partial charge in [-0.3, -0.25) is 0 Å². The minimum Gasteiger partial charge on any atom is -0.490 e. The highest BCUT2D eigenvalue weighted by molar-refractivity contribution is 7.71. The first-order valence-electron chi connectivity index (χ1n) is 7.05. The summed E-state index contributed by atoms with van der Waals surface area (Å²) < 4.78 is 11.5. The maximum atomic E-state index is 5.81. The summed E-state index contributed by atoms with van der Waals surface area (Å²) >= 11 is 5.36.